The van der Waals surface area contributed by atoms with Gasteiger partial charge in [-0.15, -0.1) is 0 Å². The van der Waals surface area contributed by atoms with Gasteiger partial charge in [-0.1, -0.05) is 38.2 Å². The minimum Gasteiger partial charge on any atom is -0.494 e. The van der Waals surface area contributed by atoms with Crippen LogP contribution in [0.3, 0.4) is 0 Å². The van der Waals surface area contributed by atoms with Crippen LogP contribution >= 0.6 is 12.2 Å². The number of rotatable bonds is 8. The van der Waals surface area contributed by atoms with Crippen LogP contribution in [-0.4, -0.2) is 11.6 Å². The standard InChI is InChI=1S/C21H27NO2S/c1-5-16-8-11-20(15(4)12-16)24-14-17-13-18(23-7-3)9-10-19(17)22-21(25)6-2/h8-13H,5-7,14H2,1-4H3,(H,22,25). The molecule has 0 atom stereocenters. The van der Waals surface area contributed by atoms with Gasteiger partial charge >= 0.3 is 0 Å². The van der Waals surface area contributed by atoms with E-state index in [1.54, 1.807) is 0 Å². The molecule has 0 aliphatic carbocycles. The second kappa shape index (κ2) is 9.42. The summed E-state index contributed by atoms with van der Waals surface area (Å²) in [7, 11) is 0. The quantitative estimate of drug-likeness (QED) is 0.615. The Kier molecular flexibility index (Phi) is 7.26. The molecular formula is C21H27NO2S. The Morgan fingerprint density at radius 3 is 2.48 bits per heavy atom. The first kappa shape index (κ1) is 19.3. The first-order chi connectivity index (χ1) is 12.1. The van der Waals surface area contributed by atoms with E-state index >= 15 is 0 Å². The van der Waals surface area contributed by atoms with Crippen molar-refractivity contribution in [3.8, 4) is 11.5 Å². The van der Waals surface area contributed by atoms with Crippen molar-refractivity contribution in [3.63, 3.8) is 0 Å². The molecule has 0 unspecified atom stereocenters. The van der Waals surface area contributed by atoms with Crippen molar-refractivity contribution in [1.82, 2.24) is 0 Å². The van der Waals surface area contributed by atoms with Gasteiger partial charge in [-0.05, 0) is 62.1 Å². The molecule has 2 rings (SSSR count). The summed E-state index contributed by atoms with van der Waals surface area (Å²) in [5, 5.41) is 3.29. The first-order valence-electron chi connectivity index (χ1n) is 8.85. The lowest BCUT2D eigenvalue weighted by Gasteiger charge is -2.16. The second-order valence-electron chi connectivity index (χ2n) is 5.90. The monoisotopic (exact) mass is 357 g/mol. The summed E-state index contributed by atoms with van der Waals surface area (Å²) in [6.45, 7) is 9.35. The van der Waals surface area contributed by atoms with Gasteiger partial charge in [-0.2, -0.15) is 0 Å². The van der Waals surface area contributed by atoms with Crippen LogP contribution in [0.2, 0.25) is 0 Å². The van der Waals surface area contributed by atoms with Crippen molar-refractivity contribution in [2.24, 2.45) is 0 Å². The average molecular weight is 358 g/mol. The topological polar surface area (TPSA) is 30.5 Å². The molecule has 0 spiro atoms. The molecule has 0 saturated carbocycles. The fourth-order valence-electron chi connectivity index (χ4n) is 2.56. The molecular weight excluding hydrogens is 330 g/mol. The van der Waals surface area contributed by atoms with E-state index < -0.39 is 0 Å². The SMILES string of the molecule is CCOc1ccc(NC(=S)CC)c(COc2ccc(CC)cc2C)c1. The molecule has 0 aliphatic heterocycles. The Labute approximate surface area is 156 Å². The zero-order valence-electron chi connectivity index (χ0n) is 15.5. The molecule has 0 amide bonds. The third-order valence-corrected chi connectivity index (χ3v) is 4.40. The van der Waals surface area contributed by atoms with E-state index in [0.29, 0.717) is 13.2 Å². The zero-order chi connectivity index (χ0) is 18.2. The second-order valence-corrected chi connectivity index (χ2v) is 6.39. The molecule has 0 aromatic heterocycles. The normalized spacial score (nSPS) is 10.4. The Morgan fingerprint density at radius 2 is 1.84 bits per heavy atom. The number of hydrogen-bond acceptors (Lipinski definition) is 3. The fourth-order valence-corrected chi connectivity index (χ4v) is 2.67. The molecule has 0 aliphatic rings. The van der Waals surface area contributed by atoms with E-state index in [9.17, 15) is 0 Å². The third kappa shape index (κ3) is 5.46. The van der Waals surface area contributed by atoms with Crippen molar-refractivity contribution in [2.75, 3.05) is 11.9 Å². The summed E-state index contributed by atoms with van der Waals surface area (Å²) >= 11 is 5.32. The van der Waals surface area contributed by atoms with E-state index in [4.69, 9.17) is 21.7 Å². The molecule has 1 N–H and O–H groups in total. The van der Waals surface area contributed by atoms with Gasteiger partial charge in [-0.3, -0.25) is 0 Å². The number of benzene rings is 2. The first-order valence-corrected chi connectivity index (χ1v) is 9.26. The van der Waals surface area contributed by atoms with Crippen molar-refractivity contribution in [3.05, 3.63) is 53.1 Å². The molecule has 2 aromatic rings. The Morgan fingerprint density at radius 1 is 1.04 bits per heavy atom. The maximum absolute atomic E-state index is 6.07. The lowest BCUT2D eigenvalue weighted by Crippen LogP contribution is -2.10. The summed E-state index contributed by atoms with van der Waals surface area (Å²) < 4.78 is 11.7. The highest BCUT2D eigenvalue weighted by Gasteiger charge is 2.09. The molecule has 0 bridgehead atoms. The molecule has 0 saturated heterocycles. The summed E-state index contributed by atoms with van der Waals surface area (Å²) in [6.07, 6.45) is 1.83. The summed E-state index contributed by atoms with van der Waals surface area (Å²) in [5.74, 6) is 1.75. The predicted molar refractivity (Wildman–Crippen MR) is 109 cm³/mol. The van der Waals surface area contributed by atoms with Crippen LogP contribution < -0.4 is 14.8 Å². The highest BCUT2D eigenvalue weighted by molar-refractivity contribution is 7.80. The van der Waals surface area contributed by atoms with Crippen LogP contribution in [0.25, 0.3) is 0 Å². The van der Waals surface area contributed by atoms with E-state index in [1.165, 1.54) is 5.56 Å². The Hall–Kier alpha value is -2.07. The van der Waals surface area contributed by atoms with Gasteiger partial charge in [-0.25, -0.2) is 0 Å². The highest BCUT2D eigenvalue weighted by Crippen LogP contribution is 2.26. The van der Waals surface area contributed by atoms with Gasteiger partial charge in [0.2, 0.25) is 0 Å². The van der Waals surface area contributed by atoms with Crippen LogP contribution in [0.5, 0.6) is 11.5 Å². The van der Waals surface area contributed by atoms with Gasteiger partial charge in [0.1, 0.15) is 18.1 Å². The van der Waals surface area contributed by atoms with Gasteiger partial charge < -0.3 is 14.8 Å². The third-order valence-electron chi connectivity index (χ3n) is 4.01. The molecule has 25 heavy (non-hydrogen) atoms. The maximum atomic E-state index is 6.07. The molecule has 0 heterocycles. The van der Waals surface area contributed by atoms with Crippen molar-refractivity contribution >= 4 is 22.9 Å². The zero-order valence-corrected chi connectivity index (χ0v) is 16.3. The fraction of sp³-hybridized carbons (Fsp3) is 0.381. The lowest BCUT2D eigenvalue weighted by atomic mass is 10.1. The predicted octanol–water partition coefficient (Wildman–Crippen LogP) is 5.68. The number of thiocarbonyl (C=S) groups is 1. The number of anilines is 1. The van der Waals surface area contributed by atoms with Crippen molar-refractivity contribution in [1.29, 1.82) is 0 Å². The Bertz CT molecular complexity index is 728. The number of nitrogens with one attached hydrogen (secondary N) is 1. The lowest BCUT2D eigenvalue weighted by molar-refractivity contribution is 0.302. The van der Waals surface area contributed by atoms with Crippen molar-refractivity contribution < 1.29 is 9.47 Å². The largest absolute Gasteiger partial charge is 0.494 e. The molecule has 4 heteroatoms. The van der Waals surface area contributed by atoms with Gasteiger partial charge in [0.15, 0.2) is 0 Å². The minimum atomic E-state index is 0.460. The van der Waals surface area contributed by atoms with Crippen LogP contribution in [0.4, 0.5) is 5.69 Å². The number of ether oxygens (including phenoxy) is 2. The maximum Gasteiger partial charge on any atom is 0.122 e. The van der Waals surface area contributed by atoms with E-state index in [1.807, 2.05) is 38.1 Å². The highest BCUT2D eigenvalue weighted by atomic mass is 32.1. The molecule has 0 radical (unpaired) electrons. The van der Waals surface area contributed by atoms with Crippen LogP contribution in [0.1, 0.15) is 43.9 Å². The van der Waals surface area contributed by atoms with Gasteiger partial charge in [0, 0.05) is 11.3 Å². The number of aryl methyl sites for hydroxylation is 2. The van der Waals surface area contributed by atoms with Crippen LogP contribution in [0, 0.1) is 6.92 Å². The van der Waals surface area contributed by atoms with E-state index in [-0.39, 0.29) is 0 Å². The number of hydrogen-bond donors (Lipinski definition) is 1. The van der Waals surface area contributed by atoms with Crippen LogP contribution in [0.15, 0.2) is 36.4 Å². The summed E-state index contributed by atoms with van der Waals surface area (Å²) in [5.41, 5.74) is 4.47. The van der Waals surface area contributed by atoms with Gasteiger partial charge in [0.25, 0.3) is 0 Å². The average Bonchev–Trinajstić information content (AvgIpc) is 2.62. The van der Waals surface area contributed by atoms with Gasteiger partial charge in [0.05, 0.1) is 11.6 Å². The molecule has 2 aromatic carbocycles. The molecule has 3 nitrogen and oxygen atoms in total. The van der Waals surface area contributed by atoms with Crippen molar-refractivity contribution in [2.45, 2.75) is 47.1 Å². The van der Waals surface area contributed by atoms with E-state index in [0.717, 1.165) is 46.1 Å². The minimum absolute atomic E-state index is 0.460. The summed E-state index contributed by atoms with van der Waals surface area (Å²) in [4.78, 5) is 0.814. The van der Waals surface area contributed by atoms with E-state index in [2.05, 4.69) is 31.3 Å². The van der Waals surface area contributed by atoms with Crippen LogP contribution in [-0.2, 0) is 13.0 Å². The summed E-state index contributed by atoms with van der Waals surface area (Å²) in [6, 6.07) is 12.3. The Balaban J connectivity index is 2.20. The smallest absolute Gasteiger partial charge is 0.122 e. The molecule has 0 fully saturated rings. The molecule has 134 valence electrons.